The van der Waals surface area contributed by atoms with Crippen molar-refractivity contribution in [2.24, 2.45) is 0 Å². The molecule has 5 nitrogen and oxygen atoms in total. The van der Waals surface area contributed by atoms with Crippen LogP contribution in [0.15, 0.2) is 42.5 Å². The van der Waals surface area contributed by atoms with Crippen LogP contribution in [0.1, 0.15) is 48.7 Å². The summed E-state index contributed by atoms with van der Waals surface area (Å²) < 4.78 is 5.88. The number of ether oxygens (including phenoxy) is 1. The summed E-state index contributed by atoms with van der Waals surface area (Å²) in [5.74, 6) is 0.202. The predicted octanol–water partition coefficient (Wildman–Crippen LogP) is 4.24. The Morgan fingerprint density at radius 2 is 1.63 bits per heavy atom. The summed E-state index contributed by atoms with van der Waals surface area (Å²) in [6.45, 7) is 9.54. The molecule has 2 rings (SSSR count). The smallest absolute Gasteiger partial charge is 0.265 e. The Morgan fingerprint density at radius 1 is 1.00 bits per heavy atom. The fourth-order valence-corrected chi connectivity index (χ4v) is 2.64. The first-order chi connectivity index (χ1) is 12.8. The zero-order valence-electron chi connectivity index (χ0n) is 16.6. The molecule has 0 spiro atoms. The molecule has 0 radical (unpaired) electrons. The Kier molecular flexibility index (Phi) is 6.99. The van der Waals surface area contributed by atoms with Gasteiger partial charge in [0.1, 0.15) is 5.75 Å². The van der Waals surface area contributed by atoms with Gasteiger partial charge in [-0.15, -0.1) is 0 Å². The average Bonchev–Trinajstić information content (AvgIpc) is 2.64. The van der Waals surface area contributed by atoms with Crippen molar-refractivity contribution in [3.05, 3.63) is 59.2 Å². The monoisotopic (exact) mass is 368 g/mol. The van der Waals surface area contributed by atoms with Gasteiger partial charge in [0, 0.05) is 6.04 Å². The molecular formula is C22H28N2O3. The number of aryl methyl sites for hydroxylation is 2. The third kappa shape index (κ3) is 5.33. The Morgan fingerprint density at radius 3 is 2.26 bits per heavy atom. The summed E-state index contributed by atoms with van der Waals surface area (Å²) in [4.78, 5) is 25.1. The van der Waals surface area contributed by atoms with E-state index in [1.807, 2.05) is 45.9 Å². The second-order valence-electron chi connectivity index (χ2n) is 6.80. The summed E-state index contributed by atoms with van der Waals surface area (Å²) >= 11 is 0. The molecule has 2 aromatic carbocycles. The molecule has 2 unspecified atom stereocenters. The van der Waals surface area contributed by atoms with E-state index in [0.29, 0.717) is 17.0 Å². The van der Waals surface area contributed by atoms with E-state index >= 15 is 0 Å². The van der Waals surface area contributed by atoms with Gasteiger partial charge >= 0.3 is 0 Å². The van der Waals surface area contributed by atoms with Gasteiger partial charge in [0.2, 0.25) is 0 Å². The minimum Gasteiger partial charge on any atom is -0.480 e. The minimum absolute atomic E-state index is 0.0625. The van der Waals surface area contributed by atoms with Gasteiger partial charge in [-0.1, -0.05) is 37.3 Å². The number of para-hydroxylation sites is 2. The third-order valence-corrected chi connectivity index (χ3v) is 4.49. The zero-order chi connectivity index (χ0) is 20.0. The number of amides is 2. The van der Waals surface area contributed by atoms with Gasteiger partial charge in [-0.2, -0.15) is 0 Å². The van der Waals surface area contributed by atoms with Crippen molar-refractivity contribution in [2.75, 3.05) is 5.32 Å². The number of anilines is 1. The average molecular weight is 368 g/mol. The van der Waals surface area contributed by atoms with Gasteiger partial charge in [0.05, 0.1) is 11.3 Å². The van der Waals surface area contributed by atoms with Crippen molar-refractivity contribution in [2.45, 2.75) is 53.2 Å². The SMILES string of the molecule is CCC(C)NC(=O)c1ccccc1NC(=O)C(C)Oc1c(C)cccc1C. The predicted molar refractivity (Wildman–Crippen MR) is 108 cm³/mol. The fourth-order valence-electron chi connectivity index (χ4n) is 2.64. The quantitative estimate of drug-likeness (QED) is 0.768. The van der Waals surface area contributed by atoms with Crippen molar-refractivity contribution in [1.82, 2.24) is 5.32 Å². The van der Waals surface area contributed by atoms with Gasteiger partial charge in [-0.3, -0.25) is 9.59 Å². The van der Waals surface area contributed by atoms with Crippen LogP contribution in [0.3, 0.4) is 0 Å². The van der Waals surface area contributed by atoms with Gasteiger partial charge in [-0.25, -0.2) is 0 Å². The van der Waals surface area contributed by atoms with Crippen LogP contribution in [0, 0.1) is 13.8 Å². The molecule has 0 aliphatic carbocycles. The Hall–Kier alpha value is -2.82. The van der Waals surface area contributed by atoms with Crippen LogP contribution in [0.2, 0.25) is 0 Å². The summed E-state index contributed by atoms with van der Waals surface area (Å²) in [6, 6.07) is 12.9. The molecule has 0 aliphatic rings. The van der Waals surface area contributed by atoms with E-state index in [2.05, 4.69) is 10.6 Å². The second kappa shape index (κ2) is 9.21. The second-order valence-corrected chi connectivity index (χ2v) is 6.80. The third-order valence-electron chi connectivity index (χ3n) is 4.49. The van der Waals surface area contributed by atoms with Crippen molar-refractivity contribution >= 4 is 17.5 Å². The highest BCUT2D eigenvalue weighted by Gasteiger charge is 2.20. The molecule has 2 aromatic rings. The maximum atomic E-state index is 12.6. The Labute approximate surface area is 161 Å². The molecular weight excluding hydrogens is 340 g/mol. The van der Waals surface area contributed by atoms with Crippen LogP contribution < -0.4 is 15.4 Å². The van der Waals surface area contributed by atoms with Gasteiger partial charge in [-0.05, 0) is 57.4 Å². The lowest BCUT2D eigenvalue weighted by Gasteiger charge is -2.19. The molecule has 5 heteroatoms. The standard InChI is InChI=1S/C22H28N2O3/c1-6-16(4)23-22(26)18-12-7-8-13-19(18)24-21(25)17(5)27-20-14(2)10-9-11-15(20)3/h7-13,16-17H,6H2,1-5H3,(H,23,26)(H,24,25). The number of hydrogen-bond donors (Lipinski definition) is 2. The molecule has 27 heavy (non-hydrogen) atoms. The molecule has 0 fully saturated rings. The molecule has 0 saturated heterocycles. The number of benzene rings is 2. The van der Waals surface area contributed by atoms with E-state index in [9.17, 15) is 9.59 Å². The Balaban J connectivity index is 2.12. The molecule has 2 N–H and O–H groups in total. The minimum atomic E-state index is -0.699. The highest BCUT2D eigenvalue weighted by Crippen LogP contribution is 2.24. The van der Waals surface area contributed by atoms with E-state index in [1.165, 1.54) is 0 Å². The molecule has 0 aromatic heterocycles. The molecule has 2 amide bonds. The number of rotatable bonds is 7. The van der Waals surface area contributed by atoms with Crippen LogP contribution in [0.4, 0.5) is 5.69 Å². The van der Waals surface area contributed by atoms with Crippen LogP contribution in [0.5, 0.6) is 5.75 Å². The number of nitrogens with one attached hydrogen (secondary N) is 2. The molecule has 144 valence electrons. The highest BCUT2D eigenvalue weighted by molar-refractivity contribution is 6.04. The molecule has 0 aliphatic heterocycles. The lowest BCUT2D eigenvalue weighted by molar-refractivity contribution is -0.122. The largest absolute Gasteiger partial charge is 0.480 e. The van der Waals surface area contributed by atoms with Crippen molar-refractivity contribution in [3.8, 4) is 5.75 Å². The van der Waals surface area contributed by atoms with E-state index in [1.54, 1.807) is 31.2 Å². The fraction of sp³-hybridized carbons (Fsp3) is 0.364. The lowest BCUT2D eigenvalue weighted by Crippen LogP contribution is -2.34. The van der Waals surface area contributed by atoms with Gasteiger partial charge < -0.3 is 15.4 Å². The van der Waals surface area contributed by atoms with Crippen molar-refractivity contribution < 1.29 is 14.3 Å². The van der Waals surface area contributed by atoms with E-state index in [-0.39, 0.29) is 17.9 Å². The topological polar surface area (TPSA) is 67.4 Å². The molecule has 2 atom stereocenters. The summed E-state index contributed by atoms with van der Waals surface area (Å²) in [7, 11) is 0. The van der Waals surface area contributed by atoms with Crippen molar-refractivity contribution in [1.29, 1.82) is 0 Å². The molecule has 0 bridgehead atoms. The normalized spacial score (nSPS) is 12.8. The molecule has 0 heterocycles. The van der Waals surface area contributed by atoms with Crippen LogP contribution in [-0.4, -0.2) is 24.0 Å². The van der Waals surface area contributed by atoms with Gasteiger partial charge in [0.25, 0.3) is 11.8 Å². The van der Waals surface area contributed by atoms with Crippen LogP contribution >= 0.6 is 0 Å². The lowest BCUT2D eigenvalue weighted by atomic mass is 10.1. The maximum absolute atomic E-state index is 12.6. The summed E-state index contributed by atoms with van der Waals surface area (Å²) in [6.07, 6.45) is 0.136. The van der Waals surface area contributed by atoms with Gasteiger partial charge in [0.15, 0.2) is 6.10 Å². The zero-order valence-corrected chi connectivity index (χ0v) is 16.6. The van der Waals surface area contributed by atoms with Crippen LogP contribution in [-0.2, 0) is 4.79 Å². The Bertz CT molecular complexity index is 797. The summed E-state index contributed by atoms with van der Waals surface area (Å²) in [5, 5.41) is 5.74. The number of carbonyl (C=O) groups is 2. The first-order valence-electron chi connectivity index (χ1n) is 9.27. The number of carbonyl (C=O) groups excluding carboxylic acids is 2. The van der Waals surface area contributed by atoms with E-state index < -0.39 is 6.10 Å². The van der Waals surface area contributed by atoms with Crippen molar-refractivity contribution in [3.63, 3.8) is 0 Å². The van der Waals surface area contributed by atoms with E-state index in [0.717, 1.165) is 17.5 Å². The maximum Gasteiger partial charge on any atom is 0.265 e. The summed E-state index contributed by atoms with van der Waals surface area (Å²) in [5.41, 5.74) is 2.86. The first kappa shape index (κ1) is 20.5. The highest BCUT2D eigenvalue weighted by atomic mass is 16.5. The van der Waals surface area contributed by atoms with Crippen LogP contribution in [0.25, 0.3) is 0 Å². The van der Waals surface area contributed by atoms with E-state index in [4.69, 9.17) is 4.74 Å². The first-order valence-corrected chi connectivity index (χ1v) is 9.27. The number of hydrogen-bond acceptors (Lipinski definition) is 3. The molecule has 0 saturated carbocycles.